The lowest BCUT2D eigenvalue weighted by molar-refractivity contribution is -0.136. The molecule has 1 aliphatic heterocycles. The highest BCUT2D eigenvalue weighted by molar-refractivity contribution is 5.88. The Balaban J connectivity index is 1.37. The predicted molar refractivity (Wildman–Crippen MR) is 124 cm³/mol. The minimum absolute atomic E-state index is 0.0299. The van der Waals surface area contributed by atoms with Crippen LogP contribution in [0.3, 0.4) is 0 Å². The fourth-order valence-electron chi connectivity index (χ4n) is 4.04. The highest BCUT2D eigenvalue weighted by Crippen LogP contribution is 2.30. The van der Waals surface area contributed by atoms with Crippen molar-refractivity contribution in [3.63, 3.8) is 0 Å². The molecular weight excluding hydrogens is 405 g/mol. The molecule has 1 aromatic carbocycles. The first-order chi connectivity index (χ1) is 15.4. The van der Waals surface area contributed by atoms with E-state index in [4.69, 9.17) is 4.98 Å². The fraction of sp³-hybridized carbons (Fsp3) is 0.320. The summed E-state index contributed by atoms with van der Waals surface area (Å²) in [5, 5.41) is 6.30. The molecule has 1 aliphatic rings. The van der Waals surface area contributed by atoms with E-state index >= 15 is 0 Å². The lowest BCUT2D eigenvalue weighted by Crippen LogP contribution is -2.52. The van der Waals surface area contributed by atoms with Crippen LogP contribution < -0.4 is 10.6 Å². The Labute approximate surface area is 187 Å². The normalized spacial score (nSPS) is 14.8. The Kier molecular flexibility index (Phi) is 6.35. The molecule has 1 saturated heterocycles. The number of nitrogens with one attached hydrogen (secondary N) is 2. The van der Waals surface area contributed by atoms with Crippen molar-refractivity contribution in [1.29, 1.82) is 0 Å². The second-order valence-electron chi connectivity index (χ2n) is 8.58. The highest BCUT2D eigenvalue weighted by atomic mass is 19.1. The summed E-state index contributed by atoms with van der Waals surface area (Å²) < 4.78 is 14.0. The van der Waals surface area contributed by atoms with E-state index in [1.807, 2.05) is 41.3 Å². The van der Waals surface area contributed by atoms with Gasteiger partial charge in [0.15, 0.2) is 0 Å². The molecule has 1 amide bonds. The number of anilines is 3. The number of likely N-dealkylation sites (tertiary alicyclic amines) is 1. The third kappa shape index (κ3) is 5.04. The maximum absolute atomic E-state index is 14.0. The van der Waals surface area contributed by atoms with Gasteiger partial charge in [0.05, 0.1) is 5.69 Å². The van der Waals surface area contributed by atoms with Gasteiger partial charge in [-0.1, -0.05) is 24.3 Å². The van der Waals surface area contributed by atoms with Gasteiger partial charge in [0.25, 0.3) is 0 Å². The van der Waals surface area contributed by atoms with Crippen LogP contribution in [0.15, 0.2) is 66.9 Å². The van der Waals surface area contributed by atoms with E-state index in [1.165, 1.54) is 6.07 Å². The molecule has 0 atom stereocenters. The predicted octanol–water partition coefficient (Wildman–Crippen LogP) is 4.96. The maximum atomic E-state index is 14.0. The summed E-state index contributed by atoms with van der Waals surface area (Å²) in [6, 6.07) is 18.1. The highest BCUT2D eigenvalue weighted by Gasteiger charge is 2.35. The van der Waals surface area contributed by atoms with E-state index in [1.54, 1.807) is 38.2 Å². The maximum Gasteiger partial charge on any atom is 0.247 e. The molecule has 0 spiro atoms. The number of halogens is 1. The van der Waals surface area contributed by atoms with Crippen molar-refractivity contribution in [2.45, 2.75) is 38.1 Å². The molecule has 7 heteroatoms. The number of nitrogens with zero attached hydrogens (tertiary/aromatic N) is 3. The van der Waals surface area contributed by atoms with Crippen molar-refractivity contribution in [2.24, 2.45) is 0 Å². The number of para-hydroxylation sites is 1. The van der Waals surface area contributed by atoms with Crippen LogP contribution >= 0.6 is 0 Å². The number of hydrogen-bond acceptors (Lipinski definition) is 5. The molecule has 2 aromatic heterocycles. The molecular formula is C25H28FN5O. The third-order valence-corrected chi connectivity index (χ3v) is 5.75. The van der Waals surface area contributed by atoms with Gasteiger partial charge in [-0.3, -0.25) is 4.79 Å². The van der Waals surface area contributed by atoms with Crippen molar-refractivity contribution in [3.05, 3.63) is 78.4 Å². The molecule has 4 rings (SSSR count). The molecule has 0 aliphatic carbocycles. The van der Waals surface area contributed by atoms with Crippen LogP contribution in [0.4, 0.5) is 21.7 Å². The second-order valence-corrected chi connectivity index (χ2v) is 8.58. The zero-order valence-corrected chi connectivity index (χ0v) is 18.4. The number of carbonyl (C=O) groups excluding carboxylic acids is 1. The zero-order valence-electron chi connectivity index (χ0n) is 18.4. The van der Waals surface area contributed by atoms with Gasteiger partial charge < -0.3 is 15.5 Å². The number of amides is 1. The lowest BCUT2D eigenvalue weighted by Gasteiger charge is -2.37. The number of pyridine rings is 2. The van der Waals surface area contributed by atoms with Gasteiger partial charge in [0, 0.05) is 30.9 Å². The number of rotatable bonds is 6. The van der Waals surface area contributed by atoms with Crippen LogP contribution in [0.25, 0.3) is 0 Å². The molecule has 3 aromatic rings. The number of piperidine rings is 1. The number of benzene rings is 1. The summed E-state index contributed by atoms with van der Waals surface area (Å²) in [6.07, 6.45) is 3.41. The number of aromatic nitrogens is 2. The van der Waals surface area contributed by atoms with Gasteiger partial charge in [-0.2, -0.15) is 0 Å². The summed E-state index contributed by atoms with van der Waals surface area (Å²) in [4.78, 5) is 24.1. The molecule has 0 saturated carbocycles. The van der Waals surface area contributed by atoms with E-state index in [2.05, 4.69) is 15.6 Å². The van der Waals surface area contributed by atoms with Crippen LogP contribution in [-0.2, 0) is 4.79 Å². The van der Waals surface area contributed by atoms with Crippen LogP contribution in [0.2, 0.25) is 0 Å². The summed E-state index contributed by atoms with van der Waals surface area (Å²) >= 11 is 0. The van der Waals surface area contributed by atoms with Gasteiger partial charge in [-0.25, -0.2) is 14.4 Å². The van der Waals surface area contributed by atoms with Crippen LogP contribution in [0.5, 0.6) is 0 Å². The monoisotopic (exact) mass is 433 g/mol. The van der Waals surface area contributed by atoms with Gasteiger partial charge in [0.1, 0.15) is 23.0 Å². The van der Waals surface area contributed by atoms with Crippen LogP contribution in [0, 0.1) is 5.82 Å². The first-order valence-electron chi connectivity index (χ1n) is 10.9. The number of carbonyl (C=O) groups is 1. The van der Waals surface area contributed by atoms with E-state index in [0.717, 1.165) is 30.2 Å². The van der Waals surface area contributed by atoms with Crippen molar-refractivity contribution >= 4 is 23.2 Å². The lowest BCUT2D eigenvalue weighted by atomic mass is 9.91. The fourth-order valence-corrected chi connectivity index (χ4v) is 4.04. The molecule has 1 fully saturated rings. The zero-order chi connectivity index (χ0) is 22.6. The van der Waals surface area contributed by atoms with E-state index < -0.39 is 5.54 Å². The quantitative estimate of drug-likeness (QED) is 0.575. The molecule has 6 nitrogen and oxygen atoms in total. The summed E-state index contributed by atoms with van der Waals surface area (Å²) in [5.74, 6) is 1.40. The standard InChI is InChI=1S/C25H28FN5O/c1-25(2,30-21-9-4-3-8-19(21)26)24(32)31-16-13-18(14-17-31)20-10-7-12-23(28-20)29-22-11-5-6-15-27-22/h3-12,15,18,30H,13-14,16-17H2,1-2H3,(H,27,28,29). The first-order valence-corrected chi connectivity index (χ1v) is 10.9. The Morgan fingerprint density at radius 2 is 1.72 bits per heavy atom. The van der Waals surface area contributed by atoms with Crippen LogP contribution in [-0.4, -0.2) is 39.4 Å². The van der Waals surface area contributed by atoms with Crippen molar-refractivity contribution in [3.8, 4) is 0 Å². The van der Waals surface area contributed by atoms with E-state index in [9.17, 15) is 9.18 Å². The summed E-state index contributed by atoms with van der Waals surface area (Å²) in [6.45, 7) is 4.88. The van der Waals surface area contributed by atoms with Gasteiger partial charge in [-0.05, 0) is 63.1 Å². The summed E-state index contributed by atoms with van der Waals surface area (Å²) in [7, 11) is 0. The Morgan fingerprint density at radius 3 is 2.44 bits per heavy atom. The average molecular weight is 434 g/mol. The molecule has 2 N–H and O–H groups in total. The van der Waals surface area contributed by atoms with E-state index in [0.29, 0.717) is 18.8 Å². The average Bonchev–Trinajstić information content (AvgIpc) is 2.81. The molecule has 3 heterocycles. The molecule has 0 bridgehead atoms. The SMILES string of the molecule is CC(C)(Nc1ccccc1F)C(=O)N1CCC(c2cccc(Nc3ccccn3)n2)CC1. The summed E-state index contributed by atoms with van der Waals surface area (Å²) in [5.41, 5.74) is 0.448. The van der Waals surface area contributed by atoms with Gasteiger partial charge in [0.2, 0.25) is 5.91 Å². The molecule has 166 valence electrons. The molecule has 32 heavy (non-hydrogen) atoms. The largest absolute Gasteiger partial charge is 0.369 e. The van der Waals surface area contributed by atoms with Crippen LogP contribution in [0.1, 0.15) is 38.3 Å². The Hall–Kier alpha value is -3.48. The second kappa shape index (κ2) is 9.34. The van der Waals surface area contributed by atoms with Crippen molar-refractivity contribution in [1.82, 2.24) is 14.9 Å². The number of hydrogen-bond donors (Lipinski definition) is 2. The molecule has 0 radical (unpaired) electrons. The van der Waals surface area contributed by atoms with Gasteiger partial charge in [-0.15, -0.1) is 0 Å². The third-order valence-electron chi connectivity index (χ3n) is 5.75. The molecule has 0 unspecified atom stereocenters. The van der Waals surface area contributed by atoms with E-state index in [-0.39, 0.29) is 17.6 Å². The smallest absolute Gasteiger partial charge is 0.247 e. The Morgan fingerprint density at radius 1 is 1.00 bits per heavy atom. The first kappa shape index (κ1) is 21.7. The van der Waals surface area contributed by atoms with Crippen molar-refractivity contribution < 1.29 is 9.18 Å². The minimum atomic E-state index is -0.903. The Bertz CT molecular complexity index is 1060. The topological polar surface area (TPSA) is 70.2 Å². The van der Waals surface area contributed by atoms with Crippen molar-refractivity contribution in [2.75, 3.05) is 23.7 Å². The minimum Gasteiger partial charge on any atom is -0.369 e. The van der Waals surface area contributed by atoms with Gasteiger partial charge >= 0.3 is 0 Å².